The minimum Gasteiger partial charge on any atom is -0.393 e. The average molecular weight is 463 g/mol. The van der Waals surface area contributed by atoms with Crippen LogP contribution in [0.5, 0.6) is 0 Å². The molecule has 1 heterocycles. The van der Waals surface area contributed by atoms with Crippen molar-refractivity contribution >= 4 is 0 Å². The molecule has 0 aromatic carbocycles. The molecule has 186 valence electrons. The van der Waals surface area contributed by atoms with Gasteiger partial charge in [0, 0.05) is 6.42 Å². The van der Waals surface area contributed by atoms with Crippen LogP contribution in [-0.4, -0.2) is 43.8 Å². The van der Waals surface area contributed by atoms with Gasteiger partial charge in [-0.15, -0.1) is 0 Å². The normalized spacial score (nSPS) is 50.3. The zero-order valence-corrected chi connectivity index (χ0v) is 20.5. The van der Waals surface area contributed by atoms with E-state index < -0.39 is 18.0 Å². The number of hydrogen-bond acceptors (Lipinski definition) is 6. The Morgan fingerprint density at radius 1 is 1.15 bits per heavy atom. The van der Waals surface area contributed by atoms with Crippen LogP contribution in [0.25, 0.3) is 0 Å². The van der Waals surface area contributed by atoms with Gasteiger partial charge in [-0.25, -0.2) is 4.79 Å². The molecule has 0 saturated heterocycles. The van der Waals surface area contributed by atoms with Crippen LogP contribution in [0.3, 0.4) is 0 Å². The van der Waals surface area contributed by atoms with Crippen molar-refractivity contribution in [1.29, 1.82) is 0 Å². The lowest BCUT2D eigenvalue weighted by atomic mass is 9.40. The molecule has 1 aromatic heterocycles. The van der Waals surface area contributed by atoms with Crippen molar-refractivity contribution in [2.24, 2.45) is 52.3 Å². The van der Waals surface area contributed by atoms with Gasteiger partial charge >= 0.3 is 5.76 Å². The van der Waals surface area contributed by atoms with Crippen LogP contribution in [0.4, 0.5) is 0 Å². The maximum atomic E-state index is 11.8. The van der Waals surface area contributed by atoms with Crippen LogP contribution in [0.1, 0.15) is 78.5 Å². The Hall–Kier alpha value is -1.18. The zero-order chi connectivity index (χ0) is 23.7. The molecule has 5 rings (SSSR count). The molecule has 4 fully saturated rings. The Bertz CT molecular complexity index is 914. The maximum absolute atomic E-state index is 11.8. The first-order valence-electron chi connectivity index (χ1n) is 13.2. The molecule has 0 spiro atoms. The van der Waals surface area contributed by atoms with Gasteiger partial charge in [0.25, 0.3) is 0 Å². The lowest BCUT2D eigenvalue weighted by molar-refractivity contribution is -0.235. The first-order valence-corrected chi connectivity index (χ1v) is 13.2. The van der Waals surface area contributed by atoms with Crippen LogP contribution in [-0.2, 0) is 6.42 Å². The Balaban J connectivity index is 1.46. The second kappa shape index (κ2) is 8.20. The molecule has 0 bridgehead atoms. The standard InChI is InChI=1S/C26H42N2O5/c1-5-15-18-11-14(29)8-9-25(18,3)22-19(30)12-26(4)16(6-7-17(26)21(22)23(15)31)13(2)10-20-27-24(32)33-28-20/h13-19,21-23,29-31H,5-12H2,1-4H3,(H,27,28,32)/t13-,14-,15-,16-,17?,18+,19?,21?,22?,23?,25+,26-/m1/s1. The number of aliphatic hydroxyl groups is 3. The number of H-pyrrole nitrogens is 1. The monoisotopic (exact) mass is 462 g/mol. The summed E-state index contributed by atoms with van der Waals surface area (Å²) in [6.45, 7) is 9.07. The molecule has 5 unspecified atom stereocenters. The molecular weight excluding hydrogens is 420 g/mol. The van der Waals surface area contributed by atoms with Gasteiger partial charge in [-0.05, 0) is 90.8 Å². The van der Waals surface area contributed by atoms with E-state index >= 15 is 0 Å². The maximum Gasteiger partial charge on any atom is 0.438 e. The van der Waals surface area contributed by atoms with Gasteiger partial charge in [0.15, 0.2) is 5.82 Å². The van der Waals surface area contributed by atoms with Gasteiger partial charge < -0.3 is 15.3 Å². The predicted molar refractivity (Wildman–Crippen MR) is 123 cm³/mol. The second-order valence-electron chi connectivity index (χ2n) is 12.5. The third kappa shape index (κ3) is 3.48. The molecule has 12 atom stereocenters. The van der Waals surface area contributed by atoms with E-state index in [2.05, 4.69) is 37.8 Å². The van der Waals surface area contributed by atoms with E-state index in [4.69, 9.17) is 4.52 Å². The molecule has 7 heteroatoms. The summed E-state index contributed by atoms with van der Waals surface area (Å²) in [5.41, 5.74) is -0.0882. The number of aromatic nitrogens is 2. The summed E-state index contributed by atoms with van der Waals surface area (Å²) in [4.78, 5) is 14.1. The van der Waals surface area contributed by atoms with E-state index in [-0.39, 0.29) is 40.6 Å². The second-order valence-corrected chi connectivity index (χ2v) is 12.5. The third-order valence-electron chi connectivity index (χ3n) is 11.1. The summed E-state index contributed by atoms with van der Waals surface area (Å²) in [7, 11) is 0. The molecule has 0 radical (unpaired) electrons. The first-order chi connectivity index (χ1) is 15.6. The van der Waals surface area contributed by atoms with Crippen LogP contribution in [0, 0.1) is 52.3 Å². The molecule has 4 N–H and O–H groups in total. The minimum atomic E-state index is -0.514. The van der Waals surface area contributed by atoms with E-state index in [0.717, 1.165) is 44.9 Å². The lowest BCUT2D eigenvalue weighted by Crippen LogP contribution is -2.65. The molecular formula is C26H42N2O5. The first kappa shape index (κ1) is 23.6. The van der Waals surface area contributed by atoms with E-state index in [0.29, 0.717) is 30.0 Å². The lowest BCUT2D eigenvalue weighted by Gasteiger charge is -2.66. The number of fused-ring (bicyclic) bond motifs is 5. The van der Waals surface area contributed by atoms with Crippen molar-refractivity contribution in [2.45, 2.75) is 97.4 Å². The number of hydrogen-bond donors (Lipinski definition) is 4. The van der Waals surface area contributed by atoms with Crippen molar-refractivity contribution in [3.63, 3.8) is 0 Å². The average Bonchev–Trinajstić information content (AvgIpc) is 3.31. The largest absolute Gasteiger partial charge is 0.438 e. The molecule has 1 aromatic rings. The minimum absolute atomic E-state index is 0.0333. The number of rotatable bonds is 4. The number of aromatic amines is 1. The van der Waals surface area contributed by atoms with Crippen LogP contribution < -0.4 is 5.76 Å². The highest BCUT2D eigenvalue weighted by Gasteiger charge is 2.67. The highest BCUT2D eigenvalue weighted by atomic mass is 16.5. The summed E-state index contributed by atoms with van der Waals surface area (Å²) < 4.78 is 4.70. The Kier molecular flexibility index (Phi) is 5.85. The van der Waals surface area contributed by atoms with Crippen LogP contribution >= 0.6 is 0 Å². The Morgan fingerprint density at radius 3 is 2.58 bits per heavy atom. The molecule has 4 aliphatic carbocycles. The summed E-state index contributed by atoms with van der Waals surface area (Å²) >= 11 is 0. The fraction of sp³-hybridized carbons (Fsp3) is 0.923. The molecule has 0 amide bonds. The zero-order valence-electron chi connectivity index (χ0n) is 20.5. The predicted octanol–water partition coefficient (Wildman–Crippen LogP) is 3.14. The van der Waals surface area contributed by atoms with Gasteiger partial charge in [-0.1, -0.05) is 39.3 Å². The van der Waals surface area contributed by atoms with Crippen LogP contribution in [0.15, 0.2) is 9.32 Å². The van der Waals surface area contributed by atoms with E-state index in [9.17, 15) is 20.1 Å². The van der Waals surface area contributed by atoms with Gasteiger partial charge in [-0.3, -0.25) is 9.51 Å². The Morgan fingerprint density at radius 2 is 1.91 bits per heavy atom. The van der Waals surface area contributed by atoms with Crippen molar-refractivity contribution in [1.82, 2.24) is 10.1 Å². The highest BCUT2D eigenvalue weighted by molar-refractivity contribution is 5.16. The van der Waals surface area contributed by atoms with Crippen LogP contribution in [0.2, 0.25) is 0 Å². The molecule has 0 aliphatic heterocycles. The highest BCUT2D eigenvalue weighted by Crippen LogP contribution is 2.69. The molecule has 4 aliphatic rings. The summed E-state index contributed by atoms with van der Waals surface area (Å²) in [6, 6.07) is 0. The number of nitrogens with zero attached hydrogens (tertiary/aromatic N) is 1. The number of aliphatic hydroxyl groups excluding tert-OH is 3. The molecule has 7 nitrogen and oxygen atoms in total. The van der Waals surface area contributed by atoms with Crippen molar-refractivity contribution in [3.8, 4) is 0 Å². The third-order valence-corrected chi connectivity index (χ3v) is 11.1. The molecule has 33 heavy (non-hydrogen) atoms. The summed E-state index contributed by atoms with van der Waals surface area (Å²) in [5.74, 6) is 1.77. The van der Waals surface area contributed by atoms with Gasteiger partial charge in [0.05, 0.1) is 18.3 Å². The van der Waals surface area contributed by atoms with Crippen molar-refractivity contribution in [2.75, 3.05) is 0 Å². The topological polar surface area (TPSA) is 120 Å². The number of nitrogens with one attached hydrogen (secondary N) is 1. The fourth-order valence-corrected chi connectivity index (χ4v) is 9.84. The summed E-state index contributed by atoms with van der Waals surface area (Å²) in [6.07, 6.45) is 5.81. The summed E-state index contributed by atoms with van der Waals surface area (Å²) in [5, 5.41) is 37.8. The van der Waals surface area contributed by atoms with Crippen molar-refractivity contribution in [3.05, 3.63) is 16.4 Å². The fourth-order valence-electron chi connectivity index (χ4n) is 9.84. The van der Waals surface area contributed by atoms with Gasteiger partial charge in [0.1, 0.15) is 0 Å². The van der Waals surface area contributed by atoms with E-state index in [1.54, 1.807) is 0 Å². The van der Waals surface area contributed by atoms with Crippen molar-refractivity contribution < 1.29 is 19.8 Å². The Labute approximate surface area is 196 Å². The quantitative estimate of drug-likeness (QED) is 0.546. The van der Waals surface area contributed by atoms with E-state index in [1.165, 1.54) is 0 Å². The SMILES string of the molecule is CC[C@H]1C(O)C2C3CC[C@H]([C@H](C)Cc4noc(=O)[nH]4)[C@@]3(C)CC(O)C2[C@@]2(C)CC[C@@H](O)C[C@@H]12. The van der Waals surface area contributed by atoms with E-state index in [1.807, 2.05) is 0 Å². The smallest absolute Gasteiger partial charge is 0.393 e. The van der Waals surface area contributed by atoms with Gasteiger partial charge in [0.2, 0.25) is 0 Å². The molecule has 4 saturated carbocycles. The van der Waals surface area contributed by atoms with Gasteiger partial charge in [-0.2, -0.15) is 0 Å².